The second kappa shape index (κ2) is 8.85. The molecule has 0 amide bonds. The van der Waals surface area contributed by atoms with Crippen LogP contribution in [-0.4, -0.2) is 31.8 Å². The van der Waals surface area contributed by atoms with Crippen molar-refractivity contribution >= 4 is 28.6 Å². The largest absolute Gasteiger partial charge is 0.496 e. The van der Waals surface area contributed by atoms with Gasteiger partial charge >= 0.3 is 0 Å². The lowest BCUT2D eigenvalue weighted by molar-refractivity contribution is 0.0980. The molecule has 0 heterocycles. The third-order valence-electron chi connectivity index (χ3n) is 5.45. The van der Waals surface area contributed by atoms with E-state index < -0.39 is 0 Å². The van der Waals surface area contributed by atoms with Crippen LogP contribution in [0, 0.1) is 0 Å². The van der Waals surface area contributed by atoms with Gasteiger partial charge in [-0.2, -0.15) is 0 Å². The van der Waals surface area contributed by atoms with E-state index in [9.17, 15) is 9.59 Å². The molecule has 3 N–H and O–H groups in total. The van der Waals surface area contributed by atoms with Gasteiger partial charge in [-0.25, -0.2) is 0 Å². The van der Waals surface area contributed by atoms with E-state index in [4.69, 9.17) is 4.74 Å². The van der Waals surface area contributed by atoms with Gasteiger partial charge in [0.2, 0.25) is 0 Å². The van der Waals surface area contributed by atoms with Gasteiger partial charge in [-0.05, 0) is 51.2 Å². The van der Waals surface area contributed by atoms with E-state index in [1.807, 2.05) is 51.2 Å². The van der Waals surface area contributed by atoms with Crippen LogP contribution >= 0.6 is 0 Å². The Bertz CT molecular complexity index is 1200. The second-order valence-electron chi connectivity index (χ2n) is 8.10. The van der Waals surface area contributed by atoms with Crippen molar-refractivity contribution in [2.45, 2.75) is 26.4 Å². The normalized spacial score (nSPS) is 12.4. The van der Waals surface area contributed by atoms with Gasteiger partial charge in [0, 0.05) is 40.7 Å². The molecule has 1 aliphatic carbocycles. The lowest BCUT2D eigenvalue weighted by Crippen LogP contribution is -2.25. The fraction of sp³-hybridized carbons (Fsp3) is 0.231. The van der Waals surface area contributed by atoms with Crippen molar-refractivity contribution in [1.29, 1.82) is 0 Å². The van der Waals surface area contributed by atoms with Crippen molar-refractivity contribution in [3.8, 4) is 5.75 Å². The highest BCUT2D eigenvalue weighted by Crippen LogP contribution is 2.38. The highest BCUT2D eigenvalue weighted by Gasteiger charge is 2.34. The summed E-state index contributed by atoms with van der Waals surface area (Å²) < 4.78 is 5.44. The van der Waals surface area contributed by atoms with Gasteiger partial charge in [-0.15, -0.1) is 0 Å². The predicted octanol–water partition coefficient (Wildman–Crippen LogP) is 4.75. The first kappa shape index (κ1) is 21.6. The summed E-state index contributed by atoms with van der Waals surface area (Å²) in [5, 5.41) is 9.82. The summed E-state index contributed by atoms with van der Waals surface area (Å²) in [5.41, 5.74) is 4.74. The molecule has 0 aromatic heterocycles. The summed E-state index contributed by atoms with van der Waals surface area (Å²) in [6.07, 6.45) is 0. The fourth-order valence-electron chi connectivity index (χ4n) is 4.10. The van der Waals surface area contributed by atoms with Crippen LogP contribution in [0.25, 0.3) is 0 Å². The maximum absolute atomic E-state index is 13.5. The van der Waals surface area contributed by atoms with E-state index in [0.29, 0.717) is 40.2 Å². The number of carbonyl (C=O) groups is 2. The number of hydrogen-bond donors (Lipinski definition) is 3. The molecule has 0 atom stereocenters. The monoisotopic (exact) mass is 429 g/mol. The summed E-state index contributed by atoms with van der Waals surface area (Å²) in [4.78, 5) is 27.0. The number of ketones is 2. The molecular weight excluding hydrogens is 402 g/mol. The molecule has 0 fully saturated rings. The van der Waals surface area contributed by atoms with Gasteiger partial charge < -0.3 is 20.7 Å². The van der Waals surface area contributed by atoms with Gasteiger partial charge in [-0.1, -0.05) is 24.3 Å². The number of hydrogen-bond acceptors (Lipinski definition) is 6. The molecule has 6 nitrogen and oxygen atoms in total. The van der Waals surface area contributed by atoms with Crippen LogP contribution in [-0.2, 0) is 6.54 Å². The number of ether oxygens (including phenoxy) is 1. The maximum atomic E-state index is 13.5. The summed E-state index contributed by atoms with van der Waals surface area (Å²) in [6.45, 7) is 4.64. The van der Waals surface area contributed by atoms with Gasteiger partial charge in [0.1, 0.15) is 5.75 Å². The third kappa shape index (κ3) is 3.85. The number of rotatable bonds is 7. The number of nitrogens with one attached hydrogen (secondary N) is 3. The molecule has 3 aromatic rings. The van der Waals surface area contributed by atoms with Crippen molar-refractivity contribution in [1.82, 2.24) is 5.32 Å². The molecule has 4 rings (SSSR count). The van der Waals surface area contributed by atoms with E-state index in [0.717, 1.165) is 17.0 Å². The smallest absolute Gasteiger partial charge is 0.196 e. The highest BCUT2D eigenvalue weighted by molar-refractivity contribution is 6.32. The SMILES string of the molecule is CNCc1cc(Nc2ccc(NC(C)C)c3c2C(=O)c2ccccc2C3=O)ccc1OC. The predicted molar refractivity (Wildman–Crippen MR) is 128 cm³/mol. The quantitative estimate of drug-likeness (QED) is 0.393. The molecule has 0 aliphatic heterocycles. The van der Waals surface area contributed by atoms with Gasteiger partial charge in [0.05, 0.1) is 23.9 Å². The Labute approximate surface area is 188 Å². The molecule has 0 unspecified atom stereocenters. The number of anilines is 3. The summed E-state index contributed by atoms with van der Waals surface area (Å²) >= 11 is 0. The fourth-order valence-corrected chi connectivity index (χ4v) is 4.10. The number of fused-ring (bicyclic) bond motifs is 2. The molecule has 0 saturated heterocycles. The standard InChI is InChI=1S/C26H27N3O3/c1-15(2)28-20-10-11-21(29-17-9-12-22(32-4)16(13-17)14-27-3)24-23(20)25(30)18-7-5-6-8-19(18)26(24)31/h5-13,15,27-29H,14H2,1-4H3. The summed E-state index contributed by atoms with van der Waals surface area (Å²) in [5.74, 6) is 0.477. The first-order chi connectivity index (χ1) is 15.4. The maximum Gasteiger partial charge on any atom is 0.196 e. The molecule has 0 spiro atoms. The molecule has 0 bridgehead atoms. The van der Waals surface area contributed by atoms with Crippen molar-refractivity contribution < 1.29 is 14.3 Å². The van der Waals surface area contributed by atoms with Crippen LogP contribution in [0.15, 0.2) is 54.6 Å². The first-order valence-electron chi connectivity index (χ1n) is 10.6. The Balaban J connectivity index is 1.84. The van der Waals surface area contributed by atoms with Gasteiger partial charge in [0.25, 0.3) is 0 Å². The summed E-state index contributed by atoms with van der Waals surface area (Å²) in [7, 11) is 3.51. The molecule has 3 aromatic carbocycles. The van der Waals surface area contributed by atoms with Crippen LogP contribution < -0.4 is 20.7 Å². The van der Waals surface area contributed by atoms with Crippen molar-refractivity contribution in [2.24, 2.45) is 0 Å². The van der Waals surface area contributed by atoms with Crippen LogP contribution in [0.5, 0.6) is 5.75 Å². The number of methoxy groups -OCH3 is 1. The third-order valence-corrected chi connectivity index (χ3v) is 5.45. The Morgan fingerprint density at radius 3 is 2.09 bits per heavy atom. The average molecular weight is 430 g/mol. The van der Waals surface area contributed by atoms with Crippen LogP contribution in [0.2, 0.25) is 0 Å². The lowest BCUT2D eigenvalue weighted by Gasteiger charge is -2.25. The van der Waals surface area contributed by atoms with Gasteiger partial charge in [0.15, 0.2) is 11.6 Å². The van der Waals surface area contributed by atoms with Crippen LogP contribution in [0.3, 0.4) is 0 Å². The average Bonchev–Trinajstić information content (AvgIpc) is 2.78. The minimum Gasteiger partial charge on any atom is -0.496 e. The zero-order valence-corrected chi connectivity index (χ0v) is 18.7. The van der Waals surface area contributed by atoms with Crippen molar-refractivity contribution in [3.05, 3.63) is 82.4 Å². The Morgan fingerprint density at radius 2 is 1.50 bits per heavy atom. The van der Waals surface area contributed by atoms with Crippen LogP contribution in [0.4, 0.5) is 17.1 Å². The minimum atomic E-state index is -0.158. The molecular formula is C26H27N3O3. The molecule has 6 heteroatoms. The first-order valence-corrected chi connectivity index (χ1v) is 10.6. The molecule has 0 saturated carbocycles. The van der Waals surface area contributed by atoms with E-state index in [-0.39, 0.29) is 17.6 Å². The second-order valence-corrected chi connectivity index (χ2v) is 8.10. The number of carbonyl (C=O) groups excluding carboxylic acids is 2. The zero-order valence-electron chi connectivity index (χ0n) is 18.7. The van der Waals surface area contributed by atoms with Crippen molar-refractivity contribution in [2.75, 3.05) is 24.8 Å². The van der Waals surface area contributed by atoms with E-state index in [2.05, 4.69) is 16.0 Å². The zero-order chi connectivity index (χ0) is 22.8. The summed E-state index contributed by atoms with van der Waals surface area (Å²) in [6, 6.07) is 16.6. The van der Waals surface area contributed by atoms with E-state index in [1.54, 1.807) is 31.4 Å². The molecule has 1 aliphatic rings. The van der Waals surface area contributed by atoms with Crippen molar-refractivity contribution in [3.63, 3.8) is 0 Å². The molecule has 164 valence electrons. The van der Waals surface area contributed by atoms with Crippen LogP contribution in [0.1, 0.15) is 51.3 Å². The topological polar surface area (TPSA) is 79.5 Å². The Hall–Kier alpha value is -3.64. The highest BCUT2D eigenvalue weighted by atomic mass is 16.5. The molecule has 0 radical (unpaired) electrons. The Kier molecular flexibility index (Phi) is 5.97. The lowest BCUT2D eigenvalue weighted by atomic mass is 9.82. The number of benzene rings is 3. The minimum absolute atomic E-state index is 0.115. The molecule has 32 heavy (non-hydrogen) atoms. The van der Waals surface area contributed by atoms with Gasteiger partial charge in [-0.3, -0.25) is 9.59 Å². The Morgan fingerprint density at radius 1 is 0.875 bits per heavy atom. The van der Waals surface area contributed by atoms with E-state index in [1.165, 1.54) is 0 Å². The van der Waals surface area contributed by atoms with E-state index >= 15 is 0 Å².